The van der Waals surface area contributed by atoms with Crippen molar-refractivity contribution in [3.63, 3.8) is 0 Å². The van der Waals surface area contributed by atoms with Gasteiger partial charge in [0.2, 0.25) is 0 Å². The zero-order valence-electron chi connectivity index (χ0n) is 27.4. The summed E-state index contributed by atoms with van der Waals surface area (Å²) in [5, 5.41) is 38.0. The van der Waals surface area contributed by atoms with Crippen molar-refractivity contribution in [2.75, 3.05) is 0 Å². The van der Waals surface area contributed by atoms with Crippen molar-refractivity contribution in [2.24, 2.45) is 0 Å². The van der Waals surface area contributed by atoms with E-state index in [1.807, 2.05) is 58.3 Å². The van der Waals surface area contributed by atoms with Gasteiger partial charge in [0.05, 0.1) is 46.0 Å². The molecule has 0 bridgehead atoms. The summed E-state index contributed by atoms with van der Waals surface area (Å²) in [6.07, 6.45) is 4.89. The molecule has 0 saturated carbocycles. The van der Waals surface area contributed by atoms with Crippen LogP contribution in [0, 0.1) is 0 Å². The van der Waals surface area contributed by atoms with Crippen molar-refractivity contribution in [2.45, 2.75) is 33.9 Å². The summed E-state index contributed by atoms with van der Waals surface area (Å²) in [6.45, 7) is 8.00. The molecule has 3 aromatic carbocycles. The van der Waals surface area contributed by atoms with Crippen molar-refractivity contribution >= 4 is 17.9 Å². The van der Waals surface area contributed by atoms with Crippen LogP contribution < -0.4 is 0 Å². The lowest BCUT2D eigenvalue weighted by Gasteiger charge is -2.10. The Morgan fingerprint density at radius 2 is 1.04 bits per heavy atom. The largest absolute Gasteiger partial charge is 0.478 e. The highest BCUT2D eigenvalue weighted by Gasteiger charge is 2.32. The van der Waals surface area contributed by atoms with Gasteiger partial charge in [0.25, 0.3) is 0 Å². The van der Waals surface area contributed by atoms with Gasteiger partial charge in [0.15, 0.2) is 0 Å². The number of nitrogens with zero attached hydrogens (tertiary/aromatic N) is 6. The minimum atomic E-state index is -4.56. The molecule has 0 aliphatic heterocycles. The Bertz CT molecular complexity index is 1840. The first-order chi connectivity index (χ1) is 24.0. The van der Waals surface area contributed by atoms with E-state index >= 15 is 0 Å². The summed E-state index contributed by atoms with van der Waals surface area (Å²) in [5.74, 6) is -3.21. The van der Waals surface area contributed by atoms with Crippen molar-refractivity contribution in [3.05, 3.63) is 144 Å². The van der Waals surface area contributed by atoms with Crippen LogP contribution >= 0.6 is 0 Å². The molecule has 0 radical (unpaired) electrons. The molecule has 0 atom stereocenters. The Hall–Kier alpha value is -6.51. The molecular formula is C35H35F3N6O6. The van der Waals surface area contributed by atoms with Gasteiger partial charge in [0, 0.05) is 24.8 Å². The second kappa shape index (κ2) is 19.3. The molecule has 0 fully saturated rings. The molecule has 0 saturated heterocycles. The summed E-state index contributed by atoms with van der Waals surface area (Å²) in [7, 11) is 0. The van der Waals surface area contributed by atoms with Crippen LogP contribution in [0.1, 0.15) is 64.3 Å². The molecule has 15 heteroatoms. The van der Waals surface area contributed by atoms with Crippen LogP contribution in [0.15, 0.2) is 122 Å². The molecule has 6 aromatic rings. The predicted molar refractivity (Wildman–Crippen MR) is 179 cm³/mol. The Morgan fingerprint density at radius 3 is 1.52 bits per heavy atom. The lowest BCUT2D eigenvalue weighted by atomic mass is 10.1. The van der Waals surface area contributed by atoms with Crippen LogP contribution in [-0.2, 0) is 6.18 Å². The highest BCUT2D eigenvalue weighted by atomic mass is 19.4. The summed E-state index contributed by atoms with van der Waals surface area (Å²) in [6, 6.07) is 21.4. The summed E-state index contributed by atoms with van der Waals surface area (Å²) in [5.41, 5.74) is 0.316. The highest BCUT2D eigenvalue weighted by Crippen LogP contribution is 2.31. The molecule has 3 N–H and O–H groups in total. The van der Waals surface area contributed by atoms with E-state index in [0.29, 0.717) is 29.1 Å². The first kappa shape index (κ1) is 39.7. The standard InChI is InChI=1S/C11H9NO2.C10H6F3N3O2.C10H8N2O2.2C2H6/c13-11(14)9-5-1-2-6-10(9)12-7-3-4-8-12;11-10(12,13)6-1-2-7(9(17)18)8(5-6)16-14-3-4-15-16;13-10(14)8-4-1-2-5-9(8)12-7-3-6-11-12;2*1-2/h1-8H,(H,13,14);1-5H,(H,17,18);1-7H,(H,13,14);2*1-2H3. The fourth-order valence-electron chi connectivity index (χ4n) is 4.03. The number of aromatic carboxylic acids is 3. The SMILES string of the molecule is CC.CC.O=C(O)c1ccc(C(F)(F)F)cc1-n1nccn1.O=C(O)c1ccccc1-n1cccc1.O=C(O)c1ccccc1-n1cccn1. The molecule has 0 aliphatic carbocycles. The molecular weight excluding hydrogens is 657 g/mol. The number of benzene rings is 3. The normalized spacial score (nSPS) is 9.98. The maximum atomic E-state index is 12.5. The number of halogens is 3. The monoisotopic (exact) mass is 692 g/mol. The molecule has 0 aliphatic rings. The highest BCUT2D eigenvalue weighted by molar-refractivity contribution is 5.93. The number of hydrogen-bond donors (Lipinski definition) is 3. The lowest BCUT2D eigenvalue weighted by molar-refractivity contribution is -0.137. The zero-order valence-corrected chi connectivity index (χ0v) is 27.4. The molecule has 3 aromatic heterocycles. The third kappa shape index (κ3) is 10.8. The Morgan fingerprint density at radius 1 is 0.560 bits per heavy atom. The Balaban J connectivity index is 0.000000250. The van der Waals surface area contributed by atoms with Crippen LogP contribution in [0.4, 0.5) is 13.2 Å². The molecule has 6 rings (SSSR count). The van der Waals surface area contributed by atoms with Gasteiger partial charge in [-0.15, -0.1) is 0 Å². The van der Waals surface area contributed by atoms with Gasteiger partial charge in [-0.1, -0.05) is 52.0 Å². The molecule has 3 heterocycles. The van der Waals surface area contributed by atoms with Gasteiger partial charge in [-0.2, -0.15) is 33.3 Å². The summed E-state index contributed by atoms with van der Waals surface area (Å²) < 4.78 is 40.9. The average molecular weight is 693 g/mol. The van der Waals surface area contributed by atoms with E-state index in [9.17, 15) is 27.6 Å². The number of aromatic nitrogens is 6. The van der Waals surface area contributed by atoms with Crippen molar-refractivity contribution in [3.8, 4) is 17.1 Å². The maximum Gasteiger partial charge on any atom is 0.416 e. The summed E-state index contributed by atoms with van der Waals surface area (Å²) >= 11 is 0. The van der Waals surface area contributed by atoms with Gasteiger partial charge in [0.1, 0.15) is 5.69 Å². The van der Waals surface area contributed by atoms with Crippen molar-refractivity contribution in [1.82, 2.24) is 29.3 Å². The third-order valence-corrected chi connectivity index (χ3v) is 6.09. The average Bonchev–Trinajstić information content (AvgIpc) is 3.95. The first-order valence-electron chi connectivity index (χ1n) is 15.1. The van der Waals surface area contributed by atoms with Crippen molar-refractivity contribution in [1.29, 1.82) is 0 Å². The maximum absolute atomic E-state index is 12.5. The molecule has 12 nitrogen and oxygen atoms in total. The number of rotatable bonds is 6. The molecule has 0 spiro atoms. The minimum Gasteiger partial charge on any atom is -0.478 e. The van der Waals surface area contributed by atoms with E-state index in [-0.39, 0.29) is 16.8 Å². The second-order valence-corrected chi connectivity index (χ2v) is 9.04. The van der Waals surface area contributed by atoms with Gasteiger partial charge in [-0.25, -0.2) is 19.1 Å². The minimum absolute atomic E-state index is 0.234. The smallest absolute Gasteiger partial charge is 0.416 e. The molecule has 0 amide bonds. The van der Waals surface area contributed by atoms with Crippen LogP contribution in [0.3, 0.4) is 0 Å². The van der Waals surface area contributed by atoms with Gasteiger partial charge < -0.3 is 19.9 Å². The Kier molecular flexibility index (Phi) is 15.3. The van der Waals surface area contributed by atoms with Crippen LogP contribution in [0.2, 0.25) is 0 Å². The van der Waals surface area contributed by atoms with Gasteiger partial charge in [-0.3, -0.25) is 0 Å². The van der Waals surface area contributed by atoms with Crippen molar-refractivity contribution < 1.29 is 42.9 Å². The van der Waals surface area contributed by atoms with Crippen LogP contribution in [-0.4, -0.2) is 62.6 Å². The van der Waals surface area contributed by atoms with Crippen LogP contribution in [0.5, 0.6) is 0 Å². The number of alkyl halides is 3. The number of para-hydroxylation sites is 2. The van der Waals surface area contributed by atoms with E-state index in [0.717, 1.165) is 10.9 Å². The number of carbonyl (C=O) groups is 3. The Labute approximate surface area is 285 Å². The van der Waals surface area contributed by atoms with Gasteiger partial charge in [-0.05, 0) is 60.7 Å². The van der Waals surface area contributed by atoms with Gasteiger partial charge >= 0.3 is 24.1 Å². The quantitative estimate of drug-likeness (QED) is 0.158. The van der Waals surface area contributed by atoms with E-state index in [1.165, 1.54) is 17.1 Å². The molecule has 0 unspecified atom stereocenters. The van der Waals surface area contributed by atoms with E-state index < -0.39 is 29.6 Å². The fourth-order valence-corrected chi connectivity index (χ4v) is 4.03. The fraction of sp³-hybridized carbons (Fsp3) is 0.143. The van der Waals surface area contributed by atoms with E-state index in [4.69, 9.17) is 15.3 Å². The summed E-state index contributed by atoms with van der Waals surface area (Å²) in [4.78, 5) is 33.5. The third-order valence-electron chi connectivity index (χ3n) is 6.09. The lowest BCUT2D eigenvalue weighted by Crippen LogP contribution is -2.12. The second-order valence-electron chi connectivity index (χ2n) is 9.04. The van der Waals surface area contributed by atoms with Crippen LogP contribution in [0.25, 0.3) is 17.1 Å². The number of carboxylic acid groups (broad SMARTS) is 3. The van der Waals surface area contributed by atoms with E-state index in [1.54, 1.807) is 65.5 Å². The number of hydrogen-bond acceptors (Lipinski definition) is 6. The number of carboxylic acids is 3. The molecule has 262 valence electrons. The van der Waals surface area contributed by atoms with E-state index in [2.05, 4.69) is 15.3 Å². The topological polar surface area (TPSA) is 165 Å². The predicted octanol–water partition coefficient (Wildman–Crippen LogP) is 7.78. The molecule has 50 heavy (non-hydrogen) atoms. The zero-order chi connectivity index (χ0) is 37.3. The first-order valence-corrected chi connectivity index (χ1v) is 15.1.